The van der Waals surface area contributed by atoms with Crippen LogP contribution < -0.4 is 5.56 Å². The molecule has 26 heavy (non-hydrogen) atoms. The molecular weight excluding hydrogens is 354 g/mol. The summed E-state index contributed by atoms with van der Waals surface area (Å²) in [5.41, 5.74) is 0.502. The van der Waals surface area contributed by atoms with Gasteiger partial charge in [-0.1, -0.05) is 19.1 Å². The highest BCUT2D eigenvalue weighted by molar-refractivity contribution is 7.98. The van der Waals surface area contributed by atoms with Gasteiger partial charge in [0.15, 0.2) is 0 Å². The minimum atomic E-state index is -0.839. The Balaban J connectivity index is 1.49. The number of thioether (sulfide) groups is 1. The summed E-state index contributed by atoms with van der Waals surface area (Å²) in [6.07, 6.45) is 0.349. The molecule has 0 aliphatic carbocycles. The molecule has 1 fully saturated rings. The first-order chi connectivity index (χ1) is 12.5. The zero-order valence-electron chi connectivity index (χ0n) is 14.5. The number of para-hydroxylation sites is 1. The predicted octanol–water partition coefficient (Wildman–Crippen LogP) is 1.73. The number of nitrogens with one attached hydrogen (secondary N) is 1. The molecule has 0 unspecified atom stereocenters. The van der Waals surface area contributed by atoms with Crippen molar-refractivity contribution in [3.63, 3.8) is 0 Å². The zero-order valence-corrected chi connectivity index (χ0v) is 15.3. The molecule has 138 valence electrons. The van der Waals surface area contributed by atoms with E-state index in [1.807, 2.05) is 13.0 Å². The summed E-state index contributed by atoms with van der Waals surface area (Å²) in [6.45, 7) is 2.65. The second-order valence-electron chi connectivity index (χ2n) is 6.55. The Kier molecular flexibility index (Phi) is 5.61. The Hall–Kier alpha value is -2.35. The van der Waals surface area contributed by atoms with Gasteiger partial charge in [0.1, 0.15) is 5.82 Å². The fraction of sp³-hybridized carbons (Fsp3) is 0.444. The summed E-state index contributed by atoms with van der Waals surface area (Å²) in [5, 5.41) is 9.71. The van der Waals surface area contributed by atoms with Crippen LogP contribution in [0.4, 0.5) is 0 Å². The lowest BCUT2D eigenvalue weighted by molar-refractivity contribution is -0.142. The van der Waals surface area contributed by atoms with Gasteiger partial charge in [-0.25, -0.2) is 4.98 Å². The third-order valence-corrected chi connectivity index (χ3v) is 5.61. The van der Waals surface area contributed by atoms with Crippen molar-refractivity contribution in [2.75, 3.05) is 18.8 Å². The number of H-pyrrole nitrogens is 1. The highest BCUT2D eigenvalue weighted by atomic mass is 32.2. The van der Waals surface area contributed by atoms with Crippen LogP contribution in [0.3, 0.4) is 0 Å². The fourth-order valence-corrected chi connectivity index (χ4v) is 3.97. The van der Waals surface area contributed by atoms with Crippen LogP contribution in [0.2, 0.25) is 0 Å². The first-order valence-electron chi connectivity index (χ1n) is 8.52. The normalized spacial score (nSPS) is 19.8. The minimum absolute atomic E-state index is 0.0176. The van der Waals surface area contributed by atoms with E-state index in [9.17, 15) is 14.4 Å². The maximum absolute atomic E-state index is 12.2. The third kappa shape index (κ3) is 4.07. The van der Waals surface area contributed by atoms with E-state index in [0.717, 1.165) is 0 Å². The van der Waals surface area contributed by atoms with Gasteiger partial charge in [-0.2, -0.15) is 11.8 Å². The number of benzene rings is 1. The summed E-state index contributed by atoms with van der Waals surface area (Å²) in [5.74, 6) is 0.349. The van der Waals surface area contributed by atoms with E-state index >= 15 is 0 Å². The Morgan fingerprint density at radius 3 is 2.85 bits per heavy atom. The quantitative estimate of drug-likeness (QED) is 0.745. The van der Waals surface area contributed by atoms with Gasteiger partial charge in [-0.15, -0.1) is 0 Å². The lowest BCUT2D eigenvalue weighted by atomic mass is 9.99. The van der Waals surface area contributed by atoms with E-state index in [1.165, 1.54) is 11.8 Å². The third-order valence-electron chi connectivity index (χ3n) is 4.64. The van der Waals surface area contributed by atoms with Crippen LogP contribution in [0.25, 0.3) is 10.9 Å². The summed E-state index contributed by atoms with van der Waals surface area (Å²) in [4.78, 5) is 44.2. The molecule has 1 aromatic heterocycles. The highest BCUT2D eigenvalue weighted by Crippen LogP contribution is 2.24. The SMILES string of the molecule is C[C@@H]1CN(C(=O)CCSCc2nc3ccccc3c(=O)[nH]2)C[C@H]1C(=O)O. The zero-order chi connectivity index (χ0) is 18.7. The molecule has 1 aromatic carbocycles. The largest absolute Gasteiger partial charge is 0.481 e. The number of aromatic amines is 1. The van der Waals surface area contributed by atoms with Crippen molar-refractivity contribution in [2.45, 2.75) is 19.1 Å². The van der Waals surface area contributed by atoms with Crippen molar-refractivity contribution in [1.29, 1.82) is 0 Å². The van der Waals surface area contributed by atoms with E-state index < -0.39 is 11.9 Å². The molecule has 1 amide bonds. The summed E-state index contributed by atoms with van der Waals surface area (Å²) in [7, 11) is 0. The van der Waals surface area contributed by atoms with Crippen LogP contribution in [-0.2, 0) is 15.3 Å². The Bertz CT molecular complexity index is 882. The van der Waals surface area contributed by atoms with Crippen molar-refractivity contribution in [1.82, 2.24) is 14.9 Å². The van der Waals surface area contributed by atoms with Crippen LogP contribution in [0.5, 0.6) is 0 Å². The van der Waals surface area contributed by atoms with Gasteiger partial charge in [0.05, 0.1) is 22.6 Å². The Labute approximate surface area is 154 Å². The van der Waals surface area contributed by atoms with Gasteiger partial charge < -0.3 is 15.0 Å². The fourth-order valence-electron chi connectivity index (χ4n) is 3.18. The number of fused-ring (bicyclic) bond motifs is 1. The number of carbonyl (C=O) groups is 2. The number of carboxylic acid groups (broad SMARTS) is 1. The van der Waals surface area contributed by atoms with Gasteiger partial charge in [-0.3, -0.25) is 14.4 Å². The van der Waals surface area contributed by atoms with E-state index in [1.54, 1.807) is 23.1 Å². The number of amides is 1. The summed E-state index contributed by atoms with van der Waals surface area (Å²) >= 11 is 1.52. The van der Waals surface area contributed by atoms with Crippen molar-refractivity contribution in [2.24, 2.45) is 11.8 Å². The lowest BCUT2D eigenvalue weighted by Gasteiger charge is -2.15. The van der Waals surface area contributed by atoms with Crippen LogP contribution in [0.15, 0.2) is 29.1 Å². The van der Waals surface area contributed by atoms with Crippen LogP contribution >= 0.6 is 11.8 Å². The van der Waals surface area contributed by atoms with Gasteiger partial charge in [-0.05, 0) is 18.1 Å². The van der Waals surface area contributed by atoms with Crippen LogP contribution in [-0.4, -0.2) is 50.7 Å². The van der Waals surface area contributed by atoms with Gasteiger partial charge in [0, 0.05) is 25.3 Å². The van der Waals surface area contributed by atoms with Crippen molar-refractivity contribution in [3.8, 4) is 0 Å². The van der Waals surface area contributed by atoms with E-state index in [-0.39, 0.29) is 17.4 Å². The summed E-state index contributed by atoms with van der Waals surface area (Å²) in [6, 6.07) is 7.17. The number of carboxylic acids is 1. The van der Waals surface area contributed by atoms with Crippen LogP contribution in [0, 0.1) is 11.8 Å². The molecule has 0 spiro atoms. The minimum Gasteiger partial charge on any atom is -0.481 e. The average molecular weight is 375 g/mol. The monoisotopic (exact) mass is 375 g/mol. The maximum atomic E-state index is 12.2. The predicted molar refractivity (Wildman–Crippen MR) is 100 cm³/mol. The van der Waals surface area contributed by atoms with Gasteiger partial charge >= 0.3 is 5.97 Å². The molecule has 1 aliphatic heterocycles. The first kappa shape index (κ1) is 18.4. The number of carbonyl (C=O) groups excluding carboxylic acids is 1. The number of rotatable bonds is 6. The lowest BCUT2D eigenvalue weighted by Crippen LogP contribution is -2.30. The van der Waals surface area contributed by atoms with E-state index in [4.69, 9.17) is 5.11 Å². The summed E-state index contributed by atoms with van der Waals surface area (Å²) < 4.78 is 0. The average Bonchev–Trinajstić information content (AvgIpc) is 3.01. The molecule has 2 aromatic rings. The number of hydrogen-bond donors (Lipinski definition) is 2. The Morgan fingerprint density at radius 2 is 2.12 bits per heavy atom. The standard InChI is InChI=1S/C18H21N3O4S/c1-11-8-21(9-13(11)18(24)25)16(22)6-7-26-10-15-19-14-5-3-2-4-12(14)17(23)20-15/h2-5,11,13H,6-10H2,1H3,(H,24,25)(H,19,20,23)/t11-,13-/m1/s1. The number of hydrogen-bond acceptors (Lipinski definition) is 5. The molecule has 2 N–H and O–H groups in total. The molecule has 7 nitrogen and oxygen atoms in total. The van der Waals surface area contributed by atoms with Crippen molar-refractivity contribution < 1.29 is 14.7 Å². The first-order valence-corrected chi connectivity index (χ1v) is 9.67. The Morgan fingerprint density at radius 1 is 1.35 bits per heavy atom. The highest BCUT2D eigenvalue weighted by Gasteiger charge is 2.36. The molecule has 2 atom stereocenters. The van der Waals surface area contributed by atoms with Crippen molar-refractivity contribution in [3.05, 3.63) is 40.4 Å². The number of aliphatic carboxylic acids is 1. The van der Waals surface area contributed by atoms with Gasteiger partial charge in [0.2, 0.25) is 5.91 Å². The number of nitrogens with zero attached hydrogens (tertiary/aromatic N) is 2. The molecule has 1 saturated heterocycles. The second kappa shape index (κ2) is 7.90. The molecule has 0 saturated carbocycles. The number of likely N-dealkylation sites (tertiary alicyclic amines) is 1. The molecule has 2 heterocycles. The molecule has 0 radical (unpaired) electrons. The van der Waals surface area contributed by atoms with Crippen molar-refractivity contribution >= 4 is 34.5 Å². The molecule has 1 aliphatic rings. The van der Waals surface area contributed by atoms with E-state index in [2.05, 4.69) is 9.97 Å². The topological polar surface area (TPSA) is 103 Å². The molecular formula is C18H21N3O4S. The smallest absolute Gasteiger partial charge is 0.308 e. The maximum Gasteiger partial charge on any atom is 0.308 e. The molecule has 0 bridgehead atoms. The van der Waals surface area contributed by atoms with E-state index in [0.29, 0.717) is 47.7 Å². The van der Waals surface area contributed by atoms with Gasteiger partial charge in [0.25, 0.3) is 5.56 Å². The number of aromatic nitrogens is 2. The van der Waals surface area contributed by atoms with Crippen LogP contribution in [0.1, 0.15) is 19.2 Å². The molecule has 8 heteroatoms. The second-order valence-corrected chi connectivity index (χ2v) is 7.66. The molecule has 3 rings (SSSR count).